The summed E-state index contributed by atoms with van der Waals surface area (Å²) in [5, 5.41) is 2.08. The Balaban J connectivity index is 2.29. The second kappa shape index (κ2) is 5.80. The molecule has 3 N–H and O–H groups in total. The fourth-order valence-corrected chi connectivity index (χ4v) is 4.51. The van der Waals surface area contributed by atoms with Gasteiger partial charge in [-0.1, -0.05) is 19.3 Å². The zero-order valence-corrected chi connectivity index (χ0v) is 12.4. The normalized spacial score (nSPS) is 21.4. The minimum Gasteiger partial charge on any atom is -0.376 e. The quantitative estimate of drug-likeness (QED) is 0.661. The van der Waals surface area contributed by atoms with E-state index in [0.29, 0.717) is 0 Å². The predicted molar refractivity (Wildman–Crippen MR) is 74.9 cm³/mol. The average molecular weight is 319 g/mol. The number of rotatable bonds is 4. The van der Waals surface area contributed by atoms with Gasteiger partial charge in [-0.3, -0.25) is 5.84 Å². The third-order valence-electron chi connectivity index (χ3n) is 3.71. The lowest BCUT2D eigenvalue weighted by atomic mass is 9.79. The Morgan fingerprint density at radius 2 is 2.18 bits per heavy atom. The van der Waals surface area contributed by atoms with Crippen LogP contribution in [0.4, 0.5) is 0 Å². The van der Waals surface area contributed by atoms with Crippen LogP contribution in [-0.2, 0) is 4.74 Å². The molecule has 1 aliphatic rings. The molecule has 1 atom stereocenters. The van der Waals surface area contributed by atoms with Crippen molar-refractivity contribution in [3.63, 3.8) is 0 Å². The SMILES string of the molecule is COC1(C(NN)c2sccc2Br)CCCCC1. The van der Waals surface area contributed by atoms with Crippen molar-refractivity contribution >= 4 is 27.3 Å². The summed E-state index contributed by atoms with van der Waals surface area (Å²) in [6.07, 6.45) is 5.88. The number of hydrogen-bond donors (Lipinski definition) is 2. The number of nitrogens with one attached hydrogen (secondary N) is 1. The molecule has 1 heterocycles. The predicted octanol–water partition coefficient (Wildman–Crippen LogP) is 3.36. The van der Waals surface area contributed by atoms with Crippen LogP contribution in [0.5, 0.6) is 0 Å². The maximum atomic E-state index is 5.85. The summed E-state index contributed by atoms with van der Waals surface area (Å²) in [5.74, 6) is 5.78. The highest BCUT2D eigenvalue weighted by molar-refractivity contribution is 9.10. The average Bonchev–Trinajstić information content (AvgIpc) is 2.78. The molecule has 0 bridgehead atoms. The molecule has 17 heavy (non-hydrogen) atoms. The summed E-state index contributed by atoms with van der Waals surface area (Å²) in [6.45, 7) is 0. The van der Waals surface area contributed by atoms with Crippen molar-refractivity contribution in [3.8, 4) is 0 Å². The Labute approximate surface area is 115 Å². The highest BCUT2D eigenvalue weighted by Crippen LogP contribution is 2.44. The summed E-state index contributed by atoms with van der Waals surface area (Å²) in [7, 11) is 1.80. The van der Waals surface area contributed by atoms with Gasteiger partial charge in [0.1, 0.15) is 0 Å². The van der Waals surface area contributed by atoms with Crippen LogP contribution in [0.1, 0.15) is 43.0 Å². The zero-order chi connectivity index (χ0) is 12.3. The number of methoxy groups -OCH3 is 1. The first-order valence-electron chi connectivity index (χ1n) is 5.97. The van der Waals surface area contributed by atoms with Gasteiger partial charge >= 0.3 is 0 Å². The fourth-order valence-electron chi connectivity index (χ4n) is 2.74. The van der Waals surface area contributed by atoms with Crippen LogP contribution in [0, 0.1) is 0 Å². The molecule has 0 saturated heterocycles. The van der Waals surface area contributed by atoms with Crippen LogP contribution in [0.15, 0.2) is 15.9 Å². The van der Waals surface area contributed by atoms with E-state index < -0.39 is 0 Å². The van der Waals surface area contributed by atoms with E-state index in [4.69, 9.17) is 10.6 Å². The van der Waals surface area contributed by atoms with Gasteiger partial charge in [0.25, 0.3) is 0 Å². The van der Waals surface area contributed by atoms with Gasteiger partial charge in [0.15, 0.2) is 0 Å². The zero-order valence-electron chi connectivity index (χ0n) is 10.0. The standard InChI is InChI=1S/C12H19BrN2OS/c1-16-12(6-3-2-4-7-12)11(15-14)10-9(13)5-8-17-10/h5,8,11,15H,2-4,6-7,14H2,1H3. The van der Waals surface area contributed by atoms with Crippen molar-refractivity contribution in [2.45, 2.75) is 43.7 Å². The lowest BCUT2D eigenvalue weighted by Crippen LogP contribution is -2.49. The molecule has 1 saturated carbocycles. The van der Waals surface area contributed by atoms with Crippen molar-refractivity contribution in [1.82, 2.24) is 5.43 Å². The molecule has 1 aromatic rings. The van der Waals surface area contributed by atoms with Gasteiger partial charge in [0, 0.05) is 16.5 Å². The molecule has 2 rings (SSSR count). The summed E-state index contributed by atoms with van der Waals surface area (Å²) in [5.41, 5.74) is 2.81. The summed E-state index contributed by atoms with van der Waals surface area (Å²) in [6, 6.07) is 2.14. The molecule has 0 aromatic carbocycles. The van der Waals surface area contributed by atoms with Gasteiger partial charge in [-0.2, -0.15) is 0 Å². The maximum absolute atomic E-state index is 5.85. The van der Waals surface area contributed by atoms with Gasteiger partial charge in [-0.05, 0) is 40.2 Å². The first-order valence-corrected chi connectivity index (χ1v) is 7.65. The molecular weight excluding hydrogens is 300 g/mol. The molecule has 5 heteroatoms. The Morgan fingerprint density at radius 1 is 1.47 bits per heavy atom. The van der Waals surface area contributed by atoms with E-state index in [0.717, 1.165) is 17.3 Å². The number of thiophene rings is 1. The van der Waals surface area contributed by atoms with Crippen LogP contribution >= 0.6 is 27.3 Å². The Morgan fingerprint density at radius 3 is 2.65 bits per heavy atom. The Bertz CT molecular complexity index is 363. The summed E-state index contributed by atoms with van der Waals surface area (Å²) in [4.78, 5) is 1.23. The van der Waals surface area contributed by atoms with Crippen molar-refractivity contribution < 1.29 is 4.74 Å². The number of nitrogens with two attached hydrogens (primary N) is 1. The van der Waals surface area contributed by atoms with Crippen LogP contribution in [0.3, 0.4) is 0 Å². The van der Waals surface area contributed by atoms with E-state index in [1.165, 1.54) is 24.1 Å². The molecule has 1 aliphatic carbocycles. The third-order valence-corrected chi connectivity index (χ3v) is 5.64. The molecule has 1 unspecified atom stereocenters. The summed E-state index contributed by atoms with van der Waals surface area (Å²) >= 11 is 5.31. The maximum Gasteiger partial charge on any atom is 0.0893 e. The van der Waals surface area contributed by atoms with Crippen molar-refractivity contribution in [1.29, 1.82) is 0 Å². The van der Waals surface area contributed by atoms with Crippen LogP contribution in [0.2, 0.25) is 0 Å². The molecule has 96 valence electrons. The number of hydrazine groups is 1. The van der Waals surface area contributed by atoms with E-state index in [2.05, 4.69) is 32.8 Å². The minimum atomic E-state index is -0.152. The fraction of sp³-hybridized carbons (Fsp3) is 0.667. The van der Waals surface area contributed by atoms with Gasteiger partial charge in [-0.15, -0.1) is 11.3 Å². The lowest BCUT2D eigenvalue weighted by molar-refractivity contribution is -0.0681. The number of ether oxygens (including phenoxy) is 1. The monoisotopic (exact) mass is 318 g/mol. The molecule has 0 radical (unpaired) electrons. The largest absolute Gasteiger partial charge is 0.376 e. The van der Waals surface area contributed by atoms with Gasteiger partial charge in [0.05, 0.1) is 11.6 Å². The molecule has 1 aromatic heterocycles. The molecule has 3 nitrogen and oxygen atoms in total. The van der Waals surface area contributed by atoms with Crippen LogP contribution in [0.25, 0.3) is 0 Å². The van der Waals surface area contributed by atoms with E-state index >= 15 is 0 Å². The lowest BCUT2D eigenvalue weighted by Gasteiger charge is -2.42. The molecule has 1 fully saturated rings. The third kappa shape index (κ3) is 2.58. The van der Waals surface area contributed by atoms with Crippen LogP contribution in [-0.4, -0.2) is 12.7 Å². The smallest absolute Gasteiger partial charge is 0.0893 e. The first kappa shape index (κ1) is 13.5. The molecule has 0 aliphatic heterocycles. The van der Waals surface area contributed by atoms with E-state index in [-0.39, 0.29) is 11.6 Å². The highest BCUT2D eigenvalue weighted by Gasteiger charge is 2.41. The van der Waals surface area contributed by atoms with E-state index in [1.54, 1.807) is 18.4 Å². The first-order chi connectivity index (χ1) is 8.23. The second-order valence-electron chi connectivity index (χ2n) is 4.56. The van der Waals surface area contributed by atoms with Crippen molar-refractivity contribution in [3.05, 3.63) is 20.8 Å². The Hall–Kier alpha value is 0.0600. The molecule has 0 amide bonds. The molecule has 0 spiro atoms. The van der Waals surface area contributed by atoms with Crippen molar-refractivity contribution in [2.75, 3.05) is 7.11 Å². The summed E-state index contributed by atoms with van der Waals surface area (Å²) < 4.78 is 6.97. The van der Waals surface area contributed by atoms with E-state index in [9.17, 15) is 0 Å². The topological polar surface area (TPSA) is 47.3 Å². The number of hydrogen-bond acceptors (Lipinski definition) is 4. The van der Waals surface area contributed by atoms with Gasteiger partial charge in [-0.25, -0.2) is 5.43 Å². The number of halogens is 1. The van der Waals surface area contributed by atoms with Gasteiger partial charge < -0.3 is 4.74 Å². The molecular formula is C12H19BrN2OS. The van der Waals surface area contributed by atoms with Gasteiger partial charge in [0.2, 0.25) is 0 Å². The van der Waals surface area contributed by atoms with E-state index in [1.807, 2.05) is 0 Å². The Kier molecular flexibility index (Phi) is 4.60. The minimum absolute atomic E-state index is 0.0715. The van der Waals surface area contributed by atoms with Crippen LogP contribution < -0.4 is 11.3 Å². The van der Waals surface area contributed by atoms with Crippen molar-refractivity contribution in [2.24, 2.45) is 5.84 Å². The second-order valence-corrected chi connectivity index (χ2v) is 6.36. The highest BCUT2D eigenvalue weighted by atomic mass is 79.9.